The Hall–Kier alpha value is -0.980. The van der Waals surface area contributed by atoms with E-state index in [4.69, 9.17) is 0 Å². The van der Waals surface area contributed by atoms with Crippen molar-refractivity contribution < 1.29 is 10.0 Å². The van der Waals surface area contributed by atoms with E-state index in [-0.39, 0.29) is 9.92 Å². The first-order valence-electron chi connectivity index (χ1n) is 5.65. The lowest BCUT2D eigenvalue weighted by Crippen LogP contribution is -2.39. The SMILES string of the molecule is CCC(O)(CC)CNCc1csc([N+](=O)[O-])c1. The van der Waals surface area contributed by atoms with Crippen LogP contribution < -0.4 is 5.32 Å². The standard InChI is InChI=1S/C11H18N2O3S/c1-3-11(14,4-2)8-12-6-9-5-10(13(15)16)17-7-9/h5,7,12,14H,3-4,6,8H2,1-2H3. The van der Waals surface area contributed by atoms with Crippen LogP contribution in [0.5, 0.6) is 0 Å². The van der Waals surface area contributed by atoms with Crippen LogP contribution in [-0.2, 0) is 6.54 Å². The lowest BCUT2D eigenvalue weighted by Gasteiger charge is -2.25. The van der Waals surface area contributed by atoms with Crippen molar-refractivity contribution in [3.05, 3.63) is 27.1 Å². The highest BCUT2D eigenvalue weighted by Crippen LogP contribution is 2.22. The summed E-state index contributed by atoms with van der Waals surface area (Å²) in [5.74, 6) is 0. The molecule has 1 aromatic heterocycles. The van der Waals surface area contributed by atoms with Crippen LogP contribution in [0.1, 0.15) is 32.3 Å². The summed E-state index contributed by atoms with van der Waals surface area (Å²) in [5, 5.41) is 25.6. The number of hydrogen-bond acceptors (Lipinski definition) is 5. The molecule has 0 aliphatic carbocycles. The average Bonchev–Trinajstić information content (AvgIpc) is 2.78. The molecule has 0 saturated heterocycles. The van der Waals surface area contributed by atoms with Gasteiger partial charge in [0.25, 0.3) is 0 Å². The monoisotopic (exact) mass is 258 g/mol. The Kier molecular flexibility index (Phi) is 5.04. The number of nitrogens with zero attached hydrogens (tertiary/aromatic N) is 1. The molecule has 0 spiro atoms. The molecular formula is C11H18N2O3S. The van der Waals surface area contributed by atoms with Crippen LogP contribution in [0.15, 0.2) is 11.4 Å². The highest BCUT2D eigenvalue weighted by molar-refractivity contribution is 7.13. The Morgan fingerprint density at radius 1 is 1.53 bits per heavy atom. The zero-order valence-electron chi connectivity index (χ0n) is 10.1. The van der Waals surface area contributed by atoms with Gasteiger partial charge in [0.15, 0.2) is 0 Å². The lowest BCUT2D eigenvalue weighted by atomic mass is 9.97. The predicted molar refractivity (Wildman–Crippen MR) is 68.2 cm³/mol. The van der Waals surface area contributed by atoms with Gasteiger partial charge in [0.1, 0.15) is 0 Å². The van der Waals surface area contributed by atoms with Crippen molar-refractivity contribution in [2.24, 2.45) is 0 Å². The van der Waals surface area contributed by atoms with E-state index in [0.29, 0.717) is 25.9 Å². The van der Waals surface area contributed by atoms with Crippen LogP contribution in [0.25, 0.3) is 0 Å². The highest BCUT2D eigenvalue weighted by atomic mass is 32.1. The highest BCUT2D eigenvalue weighted by Gasteiger charge is 2.21. The Labute approximate surface area is 105 Å². The zero-order valence-corrected chi connectivity index (χ0v) is 10.9. The number of thiophene rings is 1. The second kappa shape index (κ2) is 6.09. The van der Waals surface area contributed by atoms with Crippen molar-refractivity contribution in [2.45, 2.75) is 38.8 Å². The summed E-state index contributed by atoms with van der Waals surface area (Å²) in [6.45, 7) is 4.94. The van der Waals surface area contributed by atoms with Crippen LogP contribution >= 0.6 is 11.3 Å². The Balaban J connectivity index is 2.43. The van der Waals surface area contributed by atoms with Crippen molar-refractivity contribution in [2.75, 3.05) is 6.54 Å². The molecule has 1 rings (SSSR count). The quantitative estimate of drug-likeness (QED) is 0.581. The van der Waals surface area contributed by atoms with E-state index in [2.05, 4.69) is 5.32 Å². The van der Waals surface area contributed by atoms with E-state index < -0.39 is 5.60 Å². The predicted octanol–water partition coefficient (Wildman–Crippen LogP) is 2.30. The molecule has 6 heteroatoms. The number of hydrogen-bond donors (Lipinski definition) is 2. The summed E-state index contributed by atoms with van der Waals surface area (Å²) >= 11 is 1.13. The second-order valence-electron chi connectivity index (χ2n) is 4.09. The van der Waals surface area contributed by atoms with Gasteiger partial charge in [0.2, 0.25) is 0 Å². The van der Waals surface area contributed by atoms with E-state index in [9.17, 15) is 15.2 Å². The van der Waals surface area contributed by atoms with Gasteiger partial charge in [-0.2, -0.15) is 0 Å². The fourth-order valence-corrected chi connectivity index (χ4v) is 2.22. The zero-order chi connectivity index (χ0) is 12.9. The second-order valence-corrected chi connectivity index (χ2v) is 4.97. The molecule has 5 nitrogen and oxygen atoms in total. The summed E-state index contributed by atoms with van der Waals surface area (Å²) < 4.78 is 0. The van der Waals surface area contributed by atoms with E-state index in [1.165, 1.54) is 0 Å². The molecule has 2 N–H and O–H groups in total. The number of aliphatic hydroxyl groups is 1. The Morgan fingerprint density at radius 3 is 2.65 bits per heavy atom. The normalized spacial score (nSPS) is 11.7. The van der Waals surface area contributed by atoms with E-state index in [1.54, 1.807) is 11.4 Å². The third-order valence-corrected chi connectivity index (χ3v) is 3.85. The van der Waals surface area contributed by atoms with E-state index >= 15 is 0 Å². The minimum Gasteiger partial charge on any atom is -0.389 e. The van der Waals surface area contributed by atoms with Gasteiger partial charge in [-0.15, -0.1) is 0 Å². The minimum absolute atomic E-state index is 0.156. The van der Waals surface area contributed by atoms with E-state index in [1.807, 2.05) is 13.8 Å². The van der Waals surface area contributed by atoms with Crippen molar-refractivity contribution in [3.63, 3.8) is 0 Å². The van der Waals surface area contributed by atoms with Crippen LogP contribution in [-0.4, -0.2) is 22.2 Å². The molecule has 1 aromatic rings. The molecule has 96 valence electrons. The maximum atomic E-state index is 10.5. The molecule has 0 aromatic carbocycles. The topological polar surface area (TPSA) is 75.4 Å². The largest absolute Gasteiger partial charge is 0.389 e. The maximum Gasteiger partial charge on any atom is 0.324 e. The molecule has 17 heavy (non-hydrogen) atoms. The molecular weight excluding hydrogens is 240 g/mol. The fourth-order valence-electron chi connectivity index (χ4n) is 1.49. The Bertz CT molecular complexity index is 375. The van der Waals surface area contributed by atoms with Gasteiger partial charge in [-0.25, -0.2) is 0 Å². The molecule has 0 unspecified atom stereocenters. The van der Waals surface area contributed by atoms with Crippen molar-refractivity contribution in [1.82, 2.24) is 5.32 Å². The first-order chi connectivity index (χ1) is 8.00. The van der Waals surface area contributed by atoms with Gasteiger partial charge >= 0.3 is 5.00 Å². The Morgan fingerprint density at radius 2 is 2.18 bits per heavy atom. The van der Waals surface area contributed by atoms with Gasteiger partial charge < -0.3 is 10.4 Å². The molecule has 0 fully saturated rings. The smallest absolute Gasteiger partial charge is 0.324 e. The fraction of sp³-hybridized carbons (Fsp3) is 0.636. The minimum atomic E-state index is -0.679. The molecule has 0 radical (unpaired) electrons. The van der Waals surface area contributed by atoms with Crippen LogP contribution in [0.3, 0.4) is 0 Å². The van der Waals surface area contributed by atoms with Crippen molar-refractivity contribution in [3.8, 4) is 0 Å². The van der Waals surface area contributed by atoms with Gasteiger partial charge in [0, 0.05) is 24.5 Å². The van der Waals surface area contributed by atoms with Crippen LogP contribution in [0.4, 0.5) is 5.00 Å². The third-order valence-electron chi connectivity index (χ3n) is 2.92. The van der Waals surface area contributed by atoms with Gasteiger partial charge in [-0.3, -0.25) is 10.1 Å². The molecule has 0 aliphatic heterocycles. The van der Waals surface area contributed by atoms with E-state index in [0.717, 1.165) is 16.9 Å². The average molecular weight is 258 g/mol. The van der Waals surface area contributed by atoms with Crippen molar-refractivity contribution in [1.29, 1.82) is 0 Å². The summed E-state index contributed by atoms with van der Waals surface area (Å²) in [6.07, 6.45) is 1.39. The third kappa shape index (κ3) is 4.07. The van der Waals surface area contributed by atoms with Crippen LogP contribution in [0.2, 0.25) is 0 Å². The summed E-state index contributed by atoms with van der Waals surface area (Å²) in [7, 11) is 0. The number of rotatable bonds is 7. The van der Waals surface area contributed by atoms with Gasteiger partial charge in [-0.05, 0) is 18.4 Å². The molecule has 0 amide bonds. The first kappa shape index (κ1) is 14.1. The number of nitro groups is 1. The molecule has 0 aliphatic rings. The van der Waals surface area contributed by atoms with Gasteiger partial charge in [-0.1, -0.05) is 25.2 Å². The number of nitrogens with one attached hydrogen (secondary N) is 1. The van der Waals surface area contributed by atoms with Crippen LogP contribution in [0, 0.1) is 10.1 Å². The first-order valence-corrected chi connectivity index (χ1v) is 6.53. The lowest BCUT2D eigenvalue weighted by molar-refractivity contribution is -0.380. The van der Waals surface area contributed by atoms with Gasteiger partial charge in [0.05, 0.1) is 10.5 Å². The molecule has 1 heterocycles. The van der Waals surface area contributed by atoms with Crippen molar-refractivity contribution >= 4 is 16.3 Å². The summed E-state index contributed by atoms with van der Waals surface area (Å²) in [6, 6.07) is 1.56. The molecule has 0 atom stereocenters. The molecule has 0 saturated carbocycles. The summed E-state index contributed by atoms with van der Waals surface area (Å²) in [4.78, 5) is 10.1. The summed E-state index contributed by atoms with van der Waals surface area (Å²) in [5.41, 5.74) is 0.207. The maximum absolute atomic E-state index is 10.5. The molecule has 0 bridgehead atoms.